The standard InChI is InChI=1S/C40H79N3O2/c1-4-6-8-10-12-14-16-18-20-22-24-26-28-30-32-34-38-42-39(36-43(38)37(3)41)45-40(44)35-33-31-29-27-25-23-21-19-17-15-13-11-9-7-5-2/h37,39H,4-36,41H2,1-3H3. The van der Waals surface area contributed by atoms with Gasteiger partial charge in [0.2, 0.25) is 6.23 Å². The third-order valence-electron chi connectivity index (χ3n) is 9.72. The third-order valence-corrected chi connectivity index (χ3v) is 9.72. The molecule has 0 radical (unpaired) electrons. The van der Waals surface area contributed by atoms with E-state index in [0.29, 0.717) is 13.0 Å². The summed E-state index contributed by atoms with van der Waals surface area (Å²) in [5, 5.41) is 0. The Hall–Kier alpha value is -1.10. The van der Waals surface area contributed by atoms with E-state index >= 15 is 0 Å². The highest BCUT2D eigenvalue weighted by molar-refractivity contribution is 5.84. The molecule has 5 heteroatoms. The summed E-state index contributed by atoms with van der Waals surface area (Å²) in [5.74, 6) is 0.931. The molecule has 0 saturated heterocycles. The molecule has 1 aliphatic heterocycles. The van der Waals surface area contributed by atoms with E-state index in [-0.39, 0.29) is 18.4 Å². The number of carbonyl (C=O) groups excluding carboxylic acids is 1. The van der Waals surface area contributed by atoms with E-state index in [1.807, 2.05) is 6.92 Å². The van der Waals surface area contributed by atoms with Gasteiger partial charge in [0.1, 0.15) is 5.84 Å². The second kappa shape index (κ2) is 31.5. The second-order valence-electron chi connectivity index (χ2n) is 14.3. The maximum Gasteiger partial charge on any atom is 0.307 e. The molecule has 45 heavy (non-hydrogen) atoms. The van der Waals surface area contributed by atoms with Gasteiger partial charge >= 0.3 is 5.97 Å². The van der Waals surface area contributed by atoms with Crippen LogP contribution in [-0.2, 0) is 9.53 Å². The van der Waals surface area contributed by atoms with Crippen molar-refractivity contribution in [3.63, 3.8) is 0 Å². The van der Waals surface area contributed by atoms with Crippen molar-refractivity contribution in [2.24, 2.45) is 10.7 Å². The minimum absolute atomic E-state index is 0.0978. The summed E-state index contributed by atoms with van der Waals surface area (Å²) in [6.45, 7) is 7.18. The van der Waals surface area contributed by atoms with E-state index in [4.69, 9.17) is 15.5 Å². The number of ether oxygens (including phenoxy) is 1. The third kappa shape index (κ3) is 25.6. The lowest BCUT2D eigenvalue weighted by atomic mass is 10.0. The summed E-state index contributed by atoms with van der Waals surface area (Å²) in [6.07, 6.45) is 41.5. The summed E-state index contributed by atoms with van der Waals surface area (Å²) in [6, 6.07) is 0. The summed E-state index contributed by atoms with van der Waals surface area (Å²) in [7, 11) is 0. The zero-order chi connectivity index (χ0) is 32.6. The molecular weight excluding hydrogens is 554 g/mol. The lowest BCUT2D eigenvalue weighted by molar-refractivity contribution is -0.148. The predicted molar refractivity (Wildman–Crippen MR) is 197 cm³/mol. The van der Waals surface area contributed by atoms with Crippen molar-refractivity contribution < 1.29 is 9.53 Å². The molecule has 5 nitrogen and oxygen atoms in total. The van der Waals surface area contributed by atoms with Crippen molar-refractivity contribution in [2.75, 3.05) is 6.54 Å². The van der Waals surface area contributed by atoms with Crippen LogP contribution in [-0.4, -0.2) is 35.6 Å². The van der Waals surface area contributed by atoms with Crippen LogP contribution < -0.4 is 5.73 Å². The summed E-state index contributed by atoms with van der Waals surface area (Å²) < 4.78 is 5.75. The Morgan fingerprint density at radius 3 is 1.31 bits per heavy atom. The normalized spacial score (nSPS) is 15.5. The summed E-state index contributed by atoms with van der Waals surface area (Å²) in [5.41, 5.74) is 6.24. The van der Waals surface area contributed by atoms with E-state index < -0.39 is 0 Å². The smallest absolute Gasteiger partial charge is 0.307 e. The highest BCUT2D eigenvalue weighted by Crippen LogP contribution is 2.20. The van der Waals surface area contributed by atoms with Crippen LogP contribution in [0.1, 0.15) is 226 Å². The average molecular weight is 634 g/mol. The van der Waals surface area contributed by atoms with Crippen molar-refractivity contribution in [2.45, 2.75) is 239 Å². The molecule has 1 aliphatic rings. The molecule has 0 fully saturated rings. The topological polar surface area (TPSA) is 67.9 Å². The minimum Gasteiger partial charge on any atom is -0.438 e. The number of esters is 1. The molecule has 0 saturated carbocycles. The zero-order valence-electron chi connectivity index (χ0n) is 30.8. The van der Waals surface area contributed by atoms with Gasteiger partial charge in [-0.3, -0.25) is 4.79 Å². The SMILES string of the molecule is CCCCCCCCCCCCCCCCCC(=O)OC1CN(C(C)N)C(CCCCCCCCCCCCCCCCC)=N1. The minimum atomic E-state index is -0.383. The highest BCUT2D eigenvalue weighted by atomic mass is 16.6. The average Bonchev–Trinajstić information content (AvgIpc) is 3.43. The summed E-state index contributed by atoms with van der Waals surface area (Å²) >= 11 is 0. The lowest BCUT2D eigenvalue weighted by Crippen LogP contribution is -2.43. The van der Waals surface area contributed by atoms with Crippen LogP contribution in [0.2, 0.25) is 0 Å². The van der Waals surface area contributed by atoms with E-state index in [1.165, 1.54) is 173 Å². The Bertz CT molecular complexity index is 680. The van der Waals surface area contributed by atoms with Crippen LogP contribution >= 0.6 is 0 Å². The molecular formula is C40H79N3O2. The molecule has 0 amide bonds. The maximum absolute atomic E-state index is 12.5. The fourth-order valence-electron chi connectivity index (χ4n) is 6.73. The van der Waals surface area contributed by atoms with Crippen molar-refractivity contribution in [1.82, 2.24) is 4.90 Å². The van der Waals surface area contributed by atoms with Gasteiger partial charge in [0.15, 0.2) is 0 Å². The number of carbonyl (C=O) groups is 1. The van der Waals surface area contributed by atoms with Gasteiger partial charge < -0.3 is 15.4 Å². The second-order valence-corrected chi connectivity index (χ2v) is 14.3. The highest BCUT2D eigenvalue weighted by Gasteiger charge is 2.29. The molecule has 2 atom stereocenters. The van der Waals surface area contributed by atoms with Crippen LogP contribution in [0.4, 0.5) is 0 Å². The number of nitrogens with two attached hydrogens (primary N) is 1. The van der Waals surface area contributed by atoms with E-state index in [0.717, 1.165) is 31.5 Å². The fraction of sp³-hybridized carbons (Fsp3) is 0.950. The predicted octanol–water partition coefficient (Wildman–Crippen LogP) is 12.4. The van der Waals surface area contributed by atoms with Gasteiger partial charge in [0, 0.05) is 12.8 Å². The van der Waals surface area contributed by atoms with Crippen LogP contribution in [0, 0.1) is 0 Å². The van der Waals surface area contributed by atoms with E-state index in [9.17, 15) is 4.79 Å². The van der Waals surface area contributed by atoms with Gasteiger partial charge in [-0.2, -0.15) is 0 Å². The summed E-state index contributed by atoms with van der Waals surface area (Å²) in [4.78, 5) is 19.4. The fourth-order valence-corrected chi connectivity index (χ4v) is 6.73. The Labute approximate surface area is 281 Å². The number of hydrogen-bond acceptors (Lipinski definition) is 5. The molecule has 2 N–H and O–H groups in total. The molecule has 0 aromatic carbocycles. The van der Waals surface area contributed by atoms with Crippen molar-refractivity contribution in [3.05, 3.63) is 0 Å². The van der Waals surface area contributed by atoms with Gasteiger partial charge in [-0.25, -0.2) is 4.99 Å². The number of amidine groups is 1. The monoisotopic (exact) mass is 634 g/mol. The number of nitrogens with zero attached hydrogens (tertiary/aromatic N) is 2. The molecule has 0 aliphatic carbocycles. The van der Waals surface area contributed by atoms with Gasteiger partial charge in [-0.15, -0.1) is 0 Å². The quantitative estimate of drug-likeness (QED) is 0.0565. The van der Waals surface area contributed by atoms with Gasteiger partial charge in [0.25, 0.3) is 0 Å². The molecule has 266 valence electrons. The Morgan fingerprint density at radius 2 is 0.956 bits per heavy atom. The van der Waals surface area contributed by atoms with Crippen LogP contribution in [0.15, 0.2) is 4.99 Å². The van der Waals surface area contributed by atoms with Crippen molar-refractivity contribution in [3.8, 4) is 0 Å². The van der Waals surface area contributed by atoms with E-state index in [2.05, 4.69) is 18.7 Å². The van der Waals surface area contributed by atoms with Gasteiger partial charge in [-0.1, -0.05) is 194 Å². The molecule has 2 unspecified atom stereocenters. The Balaban J connectivity index is 2.00. The first-order valence-electron chi connectivity index (χ1n) is 20.4. The Morgan fingerprint density at radius 1 is 0.622 bits per heavy atom. The van der Waals surface area contributed by atoms with Crippen molar-refractivity contribution in [1.29, 1.82) is 0 Å². The number of aliphatic imine (C=N–C) groups is 1. The molecule has 1 rings (SSSR count). The number of rotatable bonds is 34. The van der Waals surface area contributed by atoms with Crippen LogP contribution in [0.25, 0.3) is 0 Å². The molecule has 1 heterocycles. The largest absolute Gasteiger partial charge is 0.438 e. The van der Waals surface area contributed by atoms with Crippen LogP contribution in [0.3, 0.4) is 0 Å². The van der Waals surface area contributed by atoms with E-state index in [1.54, 1.807) is 0 Å². The first-order valence-corrected chi connectivity index (χ1v) is 20.4. The molecule has 0 bridgehead atoms. The first-order chi connectivity index (χ1) is 22.1. The van der Waals surface area contributed by atoms with Crippen LogP contribution in [0.5, 0.6) is 0 Å². The van der Waals surface area contributed by atoms with Gasteiger partial charge in [-0.05, 0) is 19.8 Å². The van der Waals surface area contributed by atoms with Gasteiger partial charge in [0.05, 0.1) is 12.7 Å². The first kappa shape index (κ1) is 41.9. The number of hydrogen-bond donors (Lipinski definition) is 1. The zero-order valence-corrected chi connectivity index (χ0v) is 30.8. The van der Waals surface area contributed by atoms with Crippen molar-refractivity contribution >= 4 is 11.8 Å². The molecule has 0 aromatic heterocycles. The maximum atomic E-state index is 12.5. The molecule has 0 aromatic rings. The molecule has 0 spiro atoms. The number of unbranched alkanes of at least 4 members (excludes halogenated alkanes) is 28. The Kier molecular flexibility index (Phi) is 29.3. The lowest BCUT2D eigenvalue weighted by Gasteiger charge is -2.24.